The highest BCUT2D eigenvalue weighted by Crippen LogP contribution is 2.20. The zero-order chi connectivity index (χ0) is 11.3. The van der Waals surface area contributed by atoms with Gasteiger partial charge in [-0.3, -0.25) is 0 Å². The van der Waals surface area contributed by atoms with E-state index in [0.29, 0.717) is 6.04 Å². The minimum atomic E-state index is 0.431. The molecule has 0 amide bonds. The summed E-state index contributed by atoms with van der Waals surface area (Å²) < 4.78 is 0. The predicted octanol–water partition coefficient (Wildman–Crippen LogP) is 3.10. The van der Waals surface area contributed by atoms with Crippen LogP contribution in [0.4, 0.5) is 0 Å². The van der Waals surface area contributed by atoms with E-state index in [9.17, 15) is 0 Å². The maximum atomic E-state index is 4.28. The van der Waals surface area contributed by atoms with Crippen molar-refractivity contribution in [2.24, 2.45) is 5.92 Å². The van der Waals surface area contributed by atoms with Gasteiger partial charge in [0.2, 0.25) is 0 Å². The maximum absolute atomic E-state index is 4.28. The van der Waals surface area contributed by atoms with E-state index >= 15 is 0 Å². The Hall–Kier alpha value is -0.0600. The van der Waals surface area contributed by atoms with Crippen LogP contribution < -0.4 is 5.32 Å². The number of aryl methyl sites for hydroxylation is 1. The number of hydrogen-bond acceptors (Lipinski definition) is 4. The Bertz CT molecular complexity index is 286. The smallest absolute Gasteiger partial charge is 0.0897 e. The summed E-state index contributed by atoms with van der Waals surface area (Å²) in [6, 6.07) is 0.431. The van der Waals surface area contributed by atoms with Crippen molar-refractivity contribution >= 4 is 23.1 Å². The molecule has 2 unspecified atom stereocenters. The molecule has 1 heterocycles. The topological polar surface area (TPSA) is 24.9 Å². The Balaban J connectivity index is 2.33. The molecule has 1 aromatic heterocycles. The number of hydrogen-bond donors (Lipinski definition) is 1. The van der Waals surface area contributed by atoms with Gasteiger partial charge in [-0.05, 0) is 38.3 Å². The van der Waals surface area contributed by atoms with Crippen LogP contribution in [0.15, 0.2) is 6.20 Å². The third-order valence-corrected chi connectivity index (χ3v) is 4.29. The van der Waals surface area contributed by atoms with E-state index in [-0.39, 0.29) is 0 Å². The molecule has 0 aliphatic heterocycles. The van der Waals surface area contributed by atoms with Gasteiger partial charge in [0.25, 0.3) is 0 Å². The maximum Gasteiger partial charge on any atom is 0.0897 e. The van der Waals surface area contributed by atoms with Crippen molar-refractivity contribution in [3.05, 3.63) is 16.1 Å². The van der Waals surface area contributed by atoms with Gasteiger partial charge in [0.15, 0.2) is 0 Å². The number of aromatic nitrogens is 1. The highest BCUT2D eigenvalue weighted by Gasteiger charge is 2.09. The summed E-state index contributed by atoms with van der Waals surface area (Å²) in [6.07, 6.45) is 4.14. The normalized spacial score (nSPS) is 15.2. The molecule has 1 aromatic rings. The molecule has 0 saturated heterocycles. The fraction of sp³-hybridized carbons (Fsp3) is 0.727. The Morgan fingerprint density at radius 2 is 2.27 bits per heavy atom. The van der Waals surface area contributed by atoms with E-state index in [0.717, 1.165) is 17.5 Å². The summed E-state index contributed by atoms with van der Waals surface area (Å²) in [5.74, 6) is 1.96. The monoisotopic (exact) mass is 244 g/mol. The van der Waals surface area contributed by atoms with E-state index in [1.807, 2.05) is 18.0 Å². The van der Waals surface area contributed by atoms with Gasteiger partial charge in [0.05, 0.1) is 5.01 Å². The van der Waals surface area contributed by atoms with Crippen LogP contribution in [0.3, 0.4) is 0 Å². The molecule has 0 bridgehead atoms. The van der Waals surface area contributed by atoms with Gasteiger partial charge in [-0.2, -0.15) is 11.8 Å². The third-order valence-electron chi connectivity index (χ3n) is 2.29. The fourth-order valence-corrected chi connectivity index (χ4v) is 2.90. The molecule has 0 spiro atoms. The standard InChI is InChI=1S/C11H20N2S2/c1-8(7-14-4)5-12-9(2)11-6-13-10(3)15-11/h6,8-9,12H,5,7H2,1-4H3. The molecule has 0 saturated carbocycles. The molecule has 1 rings (SSSR count). The molecule has 2 atom stereocenters. The van der Waals surface area contributed by atoms with E-state index in [2.05, 4.69) is 37.3 Å². The first-order chi connectivity index (χ1) is 7.13. The summed E-state index contributed by atoms with van der Waals surface area (Å²) in [6.45, 7) is 7.63. The first kappa shape index (κ1) is 13.0. The van der Waals surface area contributed by atoms with Gasteiger partial charge in [-0.15, -0.1) is 11.3 Å². The SMILES string of the molecule is CSCC(C)CNC(C)c1cnc(C)s1. The average molecular weight is 244 g/mol. The number of nitrogens with one attached hydrogen (secondary N) is 1. The van der Waals surface area contributed by atoms with Crippen LogP contribution in [-0.2, 0) is 0 Å². The number of nitrogens with zero attached hydrogens (tertiary/aromatic N) is 1. The van der Waals surface area contributed by atoms with Gasteiger partial charge >= 0.3 is 0 Å². The van der Waals surface area contributed by atoms with Gasteiger partial charge in [-0.1, -0.05) is 6.92 Å². The zero-order valence-electron chi connectivity index (χ0n) is 9.91. The van der Waals surface area contributed by atoms with E-state index < -0.39 is 0 Å². The summed E-state index contributed by atoms with van der Waals surface area (Å²) in [7, 11) is 0. The van der Waals surface area contributed by atoms with Crippen LogP contribution in [0, 0.1) is 12.8 Å². The molecule has 0 aliphatic rings. The van der Waals surface area contributed by atoms with Gasteiger partial charge in [-0.25, -0.2) is 4.98 Å². The lowest BCUT2D eigenvalue weighted by Gasteiger charge is -2.15. The van der Waals surface area contributed by atoms with Gasteiger partial charge in [0, 0.05) is 17.1 Å². The van der Waals surface area contributed by atoms with Crippen LogP contribution in [0.5, 0.6) is 0 Å². The van der Waals surface area contributed by atoms with Crippen molar-refractivity contribution in [3.63, 3.8) is 0 Å². The predicted molar refractivity (Wildman–Crippen MR) is 70.8 cm³/mol. The van der Waals surface area contributed by atoms with Crippen LogP contribution >= 0.6 is 23.1 Å². The summed E-state index contributed by atoms with van der Waals surface area (Å²) in [5, 5.41) is 4.70. The quantitative estimate of drug-likeness (QED) is 0.832. The molecule has 0 radical (unpaired) electrons. The molecule has 2 nitrogen and oxygen atoms in total. The fourth-order valence-electron chi connectivity index (χ4n) is 1.40. The molecule has 4 heteroatoms. The molecule has 1 N–H and O–H groups in total. The Labute approximate surface area is 101 Å². The van der Waals surface area contributed by atoms with Crippen molar-refractivity contribution in [1.82, 2.24) is 10.3 Å². The largest absolute Gasteiger partial charge is 0.309 e. The molecular weight excluding hydrogens is 224 g/mol. The lowest BCUT2D eigenvalue weighted by atomic mass is 10.2. The minimum absolute atomic E-state index is 0.431. The van der Waals surface area contributed by atoms with Crippen LogP contribution in [0.25, 0.3) is 0 Å². The van der Waals surface area contributed by atoms with Crippen molar-refractivity contribution in [2.45, 2.75) is 26.8 Å². The number of thioether (sulfide) groups is 1. The highest BCUT2D eigenvalue weighted by molar-refractivity contribution is 7.98. The Kier molecular flexibility index (Phi) is 5.64. The van der Waals surface area contributed by atoms with Gasteiger partial charge < -0.3 is 5.32 Å². The van der Waals surface area contributed by atoms with Crippen molar-refractivity contribution < 1.29 is 0 Å². The second-order valence-corrected chi connectivity index (χ2v) is 6.15. The Morgan fingerprint density at radius 3 is 2.80 bits per heavy atom. The second-order valence-electron chi connectivity index (χ2n) is 3.97. The molecular formula is C11H20N2S2. The second kappa shape index (κ2) is 6.51. The number of thiazole rings is 1. The zero-order valence-corrected chi connectivity index (χ0v) is 11.5. The van der Waals surface area contributed by atoms with Crippen LogP contribution in [-0.4, -0.2) is 23.5 Å². The lowest BCUT2D eigenvalue weighted by Crippen LogP contribution is -2.25. The van der Waals surface area contributed by atoms with E-state index in [4.69, 9.17) is 0 Å². The highest BCUT2D eigenvalue weighted by atomic mass is 32.2. The number of rotatable bonds is 6. The van der Waals surface area contributed by atoms with Gasteiger partial charge in [0.1, 0.15) is 0 Å². The molecule has 0 aromatic carbocycles. The molecule has 86 valence electrons. The van der Waals surface area contributed by atoms with Crippen molar-refractivity contribution in [2.75, 3.05) is 18.6 Å². The lowest BCUT2D eigenvalue weighted by molar-refractivity contribution is 0.505. The molecule has 0 aliphatic carbocycles. The summed E-state index contributed by atoms with van der Waals surface area (Å²) in [5.41, 5.74) is 0. The van der Waals surface area contributed by atoms with Crippen LogP contribution in [0.1, 0.15) is 29.8 Å². The first-order valence-electron chi connectivity index (χ1n) is 5.28. The molecule has 0 fully saturated rings. The first-order valence-corrected chi connectivity index (χ1v) is 7.49. The van der Waals surface area contributed by atoms with E-state index in [1.54, 1.807) is 11.3 Å². The van der Waals surface area contributed by atoms with Crippen LogP contribution in [0.2, 0.25) is 0 Å². The van der Waals surface area contributed by atoms with E-state index in [1.165, 1.54) is 10.6 Å². The third kappa shape index (κ3) is 4.53. The van der Waals surface area contributed by atoms with Crippen molar-refractivity contribution in [1.29, 1.82) is 0 Å². The summed E-state index contributed by atoms with van der Waals surface area (Å²) >= 11 is 3.69. The summed E-state index contributed by atoms with van der Waals surface area (Å²) in [4.78, 5) is 5.61. The Morgan fingerprint density at radius 1 is 1.53 bits per heavy atom. The minimum Gasteiger partial charge on any atom is -0.309 e. The average Bonchev–Trinajstić information content (AvgIpc) is 2.62. The molecule has 15 heavy (non-hydrogen) atoms. The van der Waals surface area contributed by atoms with Crippen molar-refractivity contribution in [3.8, 4) is 0 Å².